The predicted octanol–water partition coefficient (Wildman–Crippen LogP) is 1.45. The minimum Gasteiger partial charge on any atom is -0.380 e. The maximum Gasteiger partial charge on any atom is 0.251 e. The van der Waals surface area contributed by atoms with Crippen LogP contribution in [-0.2, 0) is 14.8 Å². The highest BCUT2D eigenvalue weighted by molar-refractivity contribution is 7.89. The van der Waals surface area contributed by atoms with Crippen molar-refractivity contribution in [3.63, 3.8) is 0 Å². The van der Waals surface area contributed by atoms with E-state index in [1.165, 1.54) is 12.1 Å². The average Bonchev–Trinajstić information content (AvgIpc) is 2.37. The van der Waals surface area contributed by atoms with Crippen LogP contribution < -0.4 is 10.5 Å². The van der Waals surface area contributed by atoms with E-state index >= 15 is 0 Å². The second kappa shape index (κ2) is 7.22. The van der Waals surface area contributed by atoms with Gasteiger partial charge in [-0.1, -0.05) is 11.6 Å². The molecule has 3 N–H and O–H groups in total. The normalized spacial score (nSPS) is 13.0. The third-order valence-electron chi connectivity index (χ3n) is 2.84. The van der Waals surface area contributed by atoms with Crippen LogP contribution >= 0.6 is 11.6 Å². The van der Waals surface area contributed by atoms with Crippen LogP contribution in [0.4, 0.5) is 0 Å². The number of halogens is 1. The molecule has 118 valence electrons. The Hall–Kier alpha value is -1.15. The zero-order valence-corrected chi connectivity index (χ0v) is 13.7. The van der Waals surface area contributed by atoms with Crippen LogP contribution in [0.2, 0.25) is 5.02 Å². The summed E-state index contributed by atoms with van der Waals surface area (Å²) in [6.45, 7) is 6.19. The van der Waals surface area contributed by atoms with E-state index in [1.54, 1.807) is 13.8 Å². The zero-order chi connectivity index (χ0) is 16.2. The van der Waals surface area contributed by atoms with Crippen LogP contribution in [0.15, 0.2) is 17.0 Å². The molecule has 8 heteroatoms. The van der Waals surface area contributed by atoms with Gasteiger partial charge in [-0.05, 0) is 38.5 Å². The summed E-state index contributed by atoms with van der Waals surface area (Å²) in [4.78, 5) is 12.0. The lowest BCUT2D eigenvalue weighted by Gasteiger charge is -2.15. The number of rotatable bonds is 6. The topological polar surface area (TPSA) is 98.5 Å². The van der Waals surface area contributed by atoms with Gasteiger partial charge in [0.15, 0.2) is 0 Å². The first kappa shape index (κ1) is 17.9. The van der Waals surface area contributed by atoms with Gasteiger partial charge in [0, 0.05) is 23.2 Å². The van der Waals surface area contributed by atoms with Crippen LogP contribution in [0.5, 0.6) is 0 Å². The summed E-state index contributed by atoms with van der Waals surface area (Å²) in [5.74, 6) is -0.424. The van der Waals surface area contributed by atoms with Gasteiger partial charge in [0.1, 0.15) is 0 Å². The number of hydrogen-bond acceptors (Lipinski definition) is 4. The average molecular weight is 335 g/mol. The summed E-state index contributed by atoms with van der Waals surface area (Å²) in [5.41, 5.74) is 0.667. The minimum atomic E-state index is -3.93. The number of nitrogens with one attached hydrogen (secondary N) is 1. The first-order valence-corrected chi connectivity index (χ1v) is 8.30. The second-order valence-corrected chi connectivity index (χ2v) is 6.63. The van der Waals surface area contributed by atoms with Crippen molar-refractivity contribution in [3.05, 3.63) is 28.3 Å². The summed E-state index contributed by atoms with van der Waals surface area (Å²) < 4.78 is 28.0. The van der Waals surface area contributed by atoms with Gasteiger partial charge >= 0.3 is 0 Å². The van der Waals surface area contributed by atoms with Gasteiger partial charge in [0.25, 0.3) is 5.91 Å². The zero-order valence-electron chi connectivity index (χ0n) is 12.1. The molecule has 21 heavy (non-hydrogen) atoms. The lowest BCUT2D eigenvalue weighted by Crippen LogP contribution is -2.36. The molecule has 0 aliphatic carbocycles. The van der Waals surface area contributed by atoms with Gasteiger partial charge in [0.05, 0.1) is 11.5 Å². The molecule has 1 aromatic rings. The molecule has 0 heterocycles. The van der Waals surface area contributed by atoms with Gasteiger partial charge in [-0.2, -0.15) is 0 Å². The Morgan fingerprint density at radius 3 is 2.62 bits per heavy atom. The van der Waals surface area contributed by atoms with Gasteiger partial charge in [-0.3, -0.25) is 4.79 Å². The SMILES string of the molecule is CCOCC(C)NC(=O)c1cc(S(N)(=O)=O)cc(Cl)c1C. The molecule has 1 aromatic carbocycles. The number of amides is 1. The van der Waals surface area contributed by atoms with E-state index < -0.39 is 15.9 Å². The number of carbonyl (C=O) groups excluding carboxylic acids is 1. The molecule has 1 rings (SSSR count). The third-order valence-corrected chi connectivity index (χ3v) is 4.13. The first-order chi connectivity index (χ1) is 9.66. The largest absolute Gasteiger partial charge is 0.380 e. The Labute approximate surface area is 129 Å². The Bertz CT molecular complexity index is 631. The van der Waals surface area contributed by atoms with Crippen molar-refractivity contribution in [3.8, 4) is 0 Å². The molecular formula is C13H19ClN2O4S. The Morgan fingerprint density at radius 1 is 1.48 bits per heavy atom. The first-order valence-electron chi connectivity index (χ1n) is 6.38. The number of ether oxygens (including phenoxy) is 1. The fourth-order valence-corrected chi connectivity index (χ4v) is 2.54. The van der Waals surface area contributed by atoms with Crippen molar-refractivity contribution in [1.82, 2.24) is 5.32 Å². The summed E-state index contributed by atoms with van der Waals surface area (Å²) >= 11 is 5.96. The van der Waals surface area contributed by atoms with Crippen LogP contribution in [0, 0.1) is 6.92 Å². The number of benzene rings is 1. The summed E-state index contributed by atoms with van der Waals surface area (Å²) in [7, 11) is -3.93. The summed E-state index contributed by atoms with van der Waals surface area (Å²) in [6.07, 6.45) is 0. The van der Waals surface area contributed by atoms with E-state index in [0.29, 0.717) is 18.8 Å². The molecule has 0 spiro atoms. The predicted molar refractivity (Wildman–Crippen MR) is 81.0 cm³/mol. The van der Waals surface area contributed by atoms with Gasteiger partial charge in [-0.25, -0.2) is 13.6 Å². The molecule has 6 nitrogen and oxygen atoms in total. The van der Waals surface area contributed by atoms with Crippen LogP contribution in [0.1, 0.15) is 29.8 Å². The number of nitrogens with two attached hydrogens (primary N) is 1. The number of primary sulfonamides is 1. The Morgan fingerprint density at radius 2 is 2.10 bits per heavy atom. The number of sulfonamides is 1. The van der Waals surface area contributed by atoms with Crippen LogP contribution in [0.25, 0.3) is 0 Å². The van der Waals surface area contributed by atoms with E-state index in [-0.39, 0.29) is 21.5 Å². The number of hydrogen-bond donors (Lipinski definition) is 2. The monoisotopic (exact) mass is 334 g/mol. The molecule has 0 bridgehead atoms. The van der Waals surface area contributed by atoms with Crippen molar-refractivity contribution in [2.45, 2.75) is 31.7 Å². The third kappa shape index (κ3) is 4.96. The van der Waals surface area contributed by atoms with E-state index in [0.717, 1.165) is 0 Å². The Kier molecular flexibility index (Phi) is 6.15. The maximum atomic E-state index is 12.2. The fourth-order valence-electron chi connectivity index (χ4n) is 1.69. The molecule has 0 aliphatic rings. The second-order valence-electron chi connectivity index (χ2n) is 4.66. The molecule has 0 radical (unpaired) electrons. The van der Waals surface area contributed by atoms with Crippen molar-refractivity contribution >= 4 is 27.5 Å². The van der Waals surface area contributed by atoms with Crippen molar-refractivity contribution in [1.29, 1.82) is 0 Å². The van der Waals surface area contributed by atoms with E-state index in [4.69, 9.17) is 21.5 Å². The van der Waals surface area contributed by atoms with E-state index in [2.05, 4.69) is 5.32 Å². The lowest BCUT2D eigenvalue weighted by atomic mass is 10.1. The van der Waals surface area contributed by atoms with Crippen LogP contribution in [0.3, 0.4) is 0 Å². The highest BCUT2D eigenvalue weighted by atomic mass is 35.5. The van der Waals surface area contributed by atoms with E-state index in [9.17, 15) is 13.2 Å². The molecule has 1 amide bonds. The number of carbonyl (C=O) groups is 1. The Balaban J connectivity index is 3.06. The van der Waals surface area contributed by atoms with Crippen LogP contribution in [-0.4, -0.2) is 33.6 Å². The van der Waals surface area contributed by atoms with E-state index in [1.807, 2.05) is 6.92 Å². The van der Waals surface area contributed by atoms with Gasteiger partial charge < -0.3 is 10.1 Å². The summed E-state index contributed by atoms with van der Waals surface area (Å²) in [6, 6.07) is 2.24. The van der Waals surface area contributed by atoms with Crippen molar-refractivity contribution in [2.75, 3.05) is 13.2 Å². The fraction of sp³-hybridized carbons (Fsp3) is 0.462. The van der Waals surface area contributed by atoms with Gasteiger partial charge in [-0.15, -0.1) is 0 Å². The molecule has 0 saturated heterocycles. The minimum absolute atomic E-state index is 0.170. The molecule has 0 fully saturated rings. The highest BCUT2D eigenvalue weighted by Gasteiger charge is 2.19. The molecule has 1 unspecified atom stereocenters. The lowest BCUT2D eigenvalue weighted by molar-refractivity contribution is 0.0871. The maximum absolute atomic E-state index is 12.2. The van der Waals surface area contributed by atoms with Gasteiger partial charge in [0.2, 0.25) is 10.0 Å². The quantitative estimate of drug-likeness (QED) is 0.822. The highest BCUT2D eigenvalue weighted by Crippen LogP contribution is 2.24. The molecule has 0 aromatic heterocycles. The molecule has 1 atom stereocenters. The summed E-state index contributed by atoms with van der Waals surface area (Å²) in [5, 5.41) is 7.96. The standard InChI is InChI=1S/C13H19ClN2O4S/c1-4-20-7-8(2)16-13(17)11-5-10(21(15,18)19)6-12(14)9(11)3/h5-6,8H,4,7H2,1-3H3,(H,16,17)(H2,15,18,19). The molecular weight excluding hydrogens is 316 g/mol. The molecule has 0 aliphatic heterocycles. The van der Waals surface area contributed by atoms with Crippen molar-refractivity contribution < 1.29 is 17.9 Å². The molecule has 0 saturated carbocycles. The smallest absolute Gasteiger partial charge is 0.251 e. The van der Waals surface area contributed by atoms with Crippen molar-refractivity contribution in [2.24, 2.45) is 5.14 Å².